The van der Waals surface area contributed by atoms with Crippen LogP contribution in [0.2, 0.25) is 0 Å². The van der Waals surface area contributed by atoms with Crippen LogP contribution >= 0.6 is 12.4 Å². The van der Waals surface area contributed by atoms with Crippen LogP contribution in [0.15, 0.2) is 30.3 Å². The summed E-state index contributed by atoms with van der Waals surface area (Å²) in [6.45, 7) is 4.53. The number of carbonyl (C=O) groups is 1. The van der Waals surface area contributed by atoms with E-state index in [4.69, 9.17) is 4.74 Å². The fraction of sp³-hybridized carbons (Fsp3) is 0.562. The number of benzene rings is 1. The van der Waals surface area contributed by atoms with E-state index in [0.717, 1.165) is 5.75 Å². The van der Waals surface area contributed by atoms with E-state index < -0.39 is 13.1 Å². The second kappa shape index (κ2) is 9.88. The van der Waals surface area contributed by atoms with Crippen LogP contribution < -0.4 is 15.4 Å². The Morgan fingerprint density at radius 3 is 2.62 bits per heavy atom. The average Bonchev–Trinajstić information content (AvgIpc) is 2.95. The molecule has 0 aromatic heterocycles. The summed E-state index contributed by atoms with van der Waals surface area (Å²) in [6, 6.07) is 9.12. The summed E-state index contributed by atoms with van der Waals surface area (Å²) in [6.07, 6.45) is 0.993. The molecule has 24 heavy (non-hydrogen) atoms. The molecule has 134 valence electrons. The van der Waals surface area contributed by atoms with Crippen molar-refractivity contribution in [1.82, 2.24) is 10.6 Å². The van der Waals surface area contributed by atoms with Crippen LogP contribution in [0.1, 0.15) is 26.7 Å². The number of ether oxygens (including phenoxy) is 1. The van der Waals surface area contributed by atoms with E-state index in [-0.39, 0.29) is 36.4 Å². The predicted molar refractivity (Wildman–Crippen MR) is 96.1 cm³/mol. The molecule has 1 unspecified atom stereocenters. The SMILES string of the molecule is CC(C)C[C@H](NC(=O)[C@@H]1CC(Oc2ccccc2)CN1)B(O)O.Cl. The number of carbonyl (C=O) groups excluding carboxylic acids is 1. The van der Waals surface area contributed by atoms with Crippen LogP contribution in [-0.4, -0.2) is 47.7 Å². The van der Waals surface area contributed by atoms with E-state index in [2.05, 4.69) is 10.6 Å². The highest BCUT2D eigenvalue weighted by molar-refractivity contribution is 6.43. The number of rotatable bonds is 7. The molecule has 8 heteroatoms. The summed E-state index contributed by atoms with van der Waals surface area (Å²) in [7, 11) is -1.56. The molecule has 1 aromatic carbocycles. The summed E-state index contributed by atoms with van der Waals surface area (Å²) in [5.74, 6) is 0.165. The zero-order valence-electron chi connectivity index (χ0n) is 14.0. The van der Waals surface area contributed by atoms with Gasteiger partial charge in [0.25, 0.3) is 0 Å². The van der Waals surface area contributed by atoms with Crippen molar-refractivity contribution in [1.29, 1.82) is 0 Å². The summed E-state index contributed by atoms with van der Waals surface area (Å²) in [5, 5.41) is 24.6. The maximum absolute atomic E-state index is 12.3. The van der Waals surface area contributed by atoms with Crippen molar-refractivity contribution in [3.05, 3.63) is 30.3 Å². The molecule has 1 aliphatic rings. The molecule has 0 saturated carbocycles. The van der Waals surface area contributed by atoms with Crippen LogP contribution in [0.5, 0.6) is 5.75 Å². The topological polar surface area (TPSA) is 90.8 Å². The monoisotopic (exact) mass is 356 g/mol. The normalized spacial score (nSPS) is 21.0. The lowest BCUT2D eigenvalue weighted by atomic mass is 9.75. The largest absolute Gasteiger partial charge is 0.489 e. The highest BCUT2D eigenvalue weighted by Gasteiger charge is 2.34. The third-order valence-electron chi connectivity index (χ3n) is 3.87. The molecule has 1 saturated heterocycles. The lowest BCUT2D eigenvalue weighted by Gasteiger charge is -2.21. The van der Waals surface area contributed by atoms with Gasteiger partial charge in [0.1, 0.15) is 11.9 Å². The van der Waals surface area contributed by atoms with E-state index >= 15 is 0 Å². The smallest absolute Gasteiger partial charge is 0.475 e. The van der Waals surface area contributed by atoms with Crippen molar-refractivity contribution in [2.24, 2.45) is 5.92 Å². The molecule has 6 nitrogen and oxygen atoms in total. The average molecular weight is 357 g/mol. The summed E-state index contributed by atoms with van der Waals surface area (Å²) < 4.78 is 5.83. The van der Waals surface area contributed by atoms with Crippen LogP contribution in [0.3, 0.4) is 0 Å². The highest BCUT2D eigenvalue weighted by atomic mass is 35.5. The Balaban J connectivity index is 0.00000288. The van der Waals surface area contributed by atoms with Gasteiger partial charge >= 0.3 is 7.12 Å². The van der Waals surface area contributed by atoms with Gasteiger partial charge in [-0.25, -0.2) is 0 Å². The fourth-order valence-electron chi connectivity index (χ4n) is 2.73. The van der Waals surface area contributed by atoms with Gasteiger partial charge < -0.3 is 25.4 Å². The molecule has 1 aliphatic heterocycles. The zero-order chi connectivity index (χ0) is 16.8. The molecular formula is C16H26BClN2O4. The van der Waals surface area contributed by atoms with Gasteiger partial charge in [-0.1, -0.05) is 32.0 Å². The minimum absolute atomic E-state index is 0. The highest BCUT2D eigenvalue weighted by Crippen LogP contribution is 2.17. The number of para-hydroxylation sites is 1. The van der Waals surface area contributed by atoms with Gasteiger partial charge in [0.05, 0.1) is 12.0 Å². The number of nitrogens with one attached hydrogen (secondary N) is 2. The lowest BCUT2D eigenvalue weighted by molar-refractivity contribution is -0.123. The van der Waals surface area contributed by atoms with E-state index in [0.29, 0.717) is 19.4 Å². The van der Waals surface area contributed by atoms with Crippen LogP contribution in [0, 0.1) is 5.92 Å². The minimum Gasteiger partial charge on any atom is -0.489 e. The van der Waals surface area contributed by atoms with Gasteiger partial charge in [-0.2, -0.15) is 0 Å². The fourth-order valence-corrected chi connectivity index (χ4v) is 2.73. The molecule has 1 fully saturated rings. The molecule has 1 heterocycles. The van der Waals surface area contributed by atoms with Crippen LogP contribution in [0.4, 0.5) is 0 Å². The molecule has 0 radical (unpaired) electrons. The Morgan fingerprint density at radius 2 is 2.04 bits per heavy atom. The van der Waals surface area contributed by atoms with Crippen LogP contribution in [0.25, 0.3) is 0 Å². The van der Waals surface area contributed by atoms with Gasteiger partial charge in [-0.05, 0) is 24.5 Å². The van der Waals surface area contributed by atoms with Crippen molar-refractivity contribution in [2.75, 3.05) is 6.54 Å². The first-order valence-corrected chi connectivity index (χ1v) is 8.07. The van der Waals surface area contributed by atoms with Gasteiger partial charge in [0, 0.05) is 13.0 Å². The van der Waals surface area contributed by atoms with Crippen LogP contribution in [-0.2, 0) is 4.79 Å². The Morgan fingerprint density at radius 1 is 1.38 bits per heavy atom. The van der Waals surface area contributed by atoms with Crippen molar-refractivity contribution < 1.29 is 19.6 Å². The Hall–Kier alpha value is -1.28. The second-order valence-corrected chi connectivity index (χ2v) is 6.41. The predicted octanol–water partition coefficient (Wildman–Crippen LogP) is 0.761. The molecule has 1 aromatic rings. The van der Waals surface area contributed by atoms with E-state index in [9.17, 15) is 14.8 Å². The first kappa shape index (κ1) is 20.8. The Bertz CT molecular complexity index is 504. The molecular weight excluding hydrogens is 330 g/mol. The molecule has 4 N–H and O–H groups in total. The lowest BCUT2D eigenvalue weighted by Crippen LogP contribution is -2.52. The maximum atomic E-state index is 12.3. The van der Waals surface area contributed by atoms with Crippen molar-refractivity contribution >= 4 is 25.4 Å². The van der Waals surface area contributed by atoms with E-state index in [1.165, 1.54) is 0 Å². The molecule has 0 aliphatic carbocycles. The number of halogens is 1. The first-order chi connectivity index (χ1) is 11.0. The quantitative estimate of drug-likeness (QED) is 0.542. The van der Waals surface area contributed by atoms with E-state index in [1.54, 1.807) is 0 Å². The Kier molecular flexibility index (Phi) is 8.55. The molecule has 3 atom stereocenters. The van der Waals surface area contributed by atoms with Gasteiger partial charge in [0.15, 0.2) is 0 Å². The first-order valence-electron chi connectivity index (χ1n) is 8.07. The minimum atomic E-state index is -1.56. The third-order valence-corrected chi connectivity index (χ3v) is 3.87. The summed E-state index contributed by atoms with van der Waals surface area (Å²) in [4.78, 5) is 12.3. The van der Waals surface area contributed by atoms with Crippen molar-refractivity contribution in [3.8, 4) is 5.75 Å². The number of hydrogen-bond acceptors (Lipinski definition) is 5. The third kappa shape index (κ3) is 6.32. The van der Waals surface area contributed by atoms with Gasteiger partial charge in [-0.3, -0.25) is 4.79 Å². The van der Waals surface area contributed by atoms with E-state index in [1.807, 2.05) is 44.2 Å². The maximum Gasteiger partial charge on any atom is 0.475 e. The van der Waals surface area contributed by atoms with Crippen molar-refractivity contribution in [2.45, 2.75) is 44.8 Å². The zero-order valence-corrected chi connectivity index (χ0v) is 14.8. The van der Waals surface area contributed by atoms with Crippen molar-refractivity contribution in [3.63, 3.8) is 0 Å². The van der Waals surface area contributed by atoms with Gasteiger partial charge in [0.2, 0.25) is 5.91 Å². The molecule has 0 bridgehead atoms. The number of hydrogen-bond donors (Lipinski definition) is 4. The second-order valence-electron chi connectivity index (χ2n) is 6.41. The van der Waals surface area contributed by atoms with Gasteiger partial charge in [-0.15, -0.1) is 12.4 Å². The standard InChI is InChI=1S/C16H25BN2O4.ClH/c1-11(2)8-15(17(21)22)19-16(20)14-9-13(10-18-14)23-12-6-4-3-5-7-12;/h3-7,11,13-15,18,21-22H,8-10H2,1-2H3,(H,19,20);1H/t13?,14-,15-;/m0./s1. The summed E-state index contributed by atoms with van der Waals surface area (Å²) in [5.41, 5.74) is 0. The summed E-state index contributed by atoms with van der Waals surface area (Å²) >= 11 is 0. The number of amides is 1. The molecule has 1 amide bonds. The Labute approximate surface area is 149 Å². The molecule has 2 rings (SSSR count). The molecule has 0 spiro atoms.